The van der Waals surface area contributed by atoms with Crippen molar-refractivity contribution in [1.29, 1.82) is 0 Å². The molecule has 0 atom stereocenters. The van der Waals surface area contributed by atoms with E-state index in [-0.39, 0.29) is 0 Å². The normalized spacial score (nSPS) is 17.4. The second-order valence-corrected chi connectivity index (χ2v) is 4.11. The van der Waals surface area contributed by atoms with Crippen LogP contribution in [0.25, 0.3) is 11.6 Å². The van der Waals surface area contributed by atoms with E-state index in [1.54, 1.807) is 6.26 Å². The molecule has 3 rings (SSSR count). The van der Waals surface area contributed by atoms with Crippen LogP contribution >= 0.6 is 0 Å². The van der Waals surface area contributed by atoms with Gasteiger partial charge in [0.25, 0.3) is 0 Å². The maximum atomic E-state index is 5.25. The fourth-order valence-electron chi connectivity index (χ4n) is 1.96. The lowest BCUT2D eigenvalue weighted by atomic mass is 10.3. The molecule has 0 aliphatic carbocycles. The van der Waals surface area contributed by atoms with Crippen molar-refractivity contribution in [2.75, 3.05) is 26.2 Å². The first kappa shape index (κ1) is 10.5. The number of rotatable bonds is 3. The van der Waals surface area contributed by atoms with E-state index in [1.165, 1.54) is 0 Å². The summed E-state index contributed by atoms with van der Waals surface area (Å²) in [5.41, 5.74) is 0. The second-order valence-electron chi connectivity index (χ2n) is 4.11. The number of furan rings is 1. The maximum Gasteiger partial charge on any atom is 0.216 e. The van der Waals surface area contributed by atoms with Crippen molar-refractivity contribution in [2.45, 2.75) is 6.54 Å². The maximum absolute atomic E-state index is 5.25. The van der Waals surface area contributed by atoms with Crippen LogP contribution in [0.15, 0.2) is 22.8 Å². The highest BCUT2D eigenvalue weighted by Gasteiger charge is 2.13. The molecule has 17 heavy (non-hydrogen) atoms. The number of nitrogens with one attached hydrogen (secondary N) is 2. The fraction of sp³-hybridized carbons (Fsp3) is 0.455. The topological polar surface area (TPSA) is 70.0 Å². The number of hydrogen-bond acceptors (Lipinski definition) is 5. The summed E-state index contributed by atoms with van der Waals surface area (Å²) in [6, 6.07) is 3.69. The van der Waals surface area contributed by atoms with Gasteiger partial charge in [-0.2, -0.15) is 0 Å². The standard InChI is InChI=1S/C11H15N5O/c1-2-9(17-7-1)11-13-10(14-15-11)8-16-5-3-12-4-6-16/h1-2,7,12H,3-6,8H2,(H,13,14,15). The van der Waals surface area contributed by atoms with Gasteiger partial charge in [0, 0.05) is 26.2 Å². The highest BCUT2D eigenvalue weighted by atomic mass is 16.3. The van der Waals surface area contributed by atoms with E-state index in [0.29, 0.717) is 11.6 Å². The largest absolute Gasteiger partial charge is 0.461 e. The van der Waals surface area contributed by atoms with Gasteiger partial charge in [0.05, 0.1) is 12.8 Å². The Labute approximate surface area is 99.0 Å². The molecular formula is C11H15N5O. The molecule has 0 saturated carbocycles. The average Bonchev–Trinajstić information content (AvgIpc) is 3.00. The minimum absolute atomic E-state index is 0.625. The molecule has 1 saturated heterocycles. The summed E-state index contributed by atoms with van der Waals surface area (Å²) >= 11 is 0. The van der Waals surface area contributed by atoms with Gasteiger partial charge in [0.1, 0.15) is 5.82 Å². The molecule has 1 aliphatic heterocycles. The van der Waals surface area contributed by atoms with E-state index >= 15 is 0 Å². The van der Waals surface area contributed by atoms with E-state index in [0.717, 1.165) is 38.5 Å². The number of aromatic nitrogens is 3. The molecule has 0 aromatic carbocycles. The third-order valence-electron chi connectivity index (χ3n) is 2.86. The third kappa shape index (κ3) is 2.37. The van der Waals surface area contributed by atoms with Crippen LogP contribution in [-0.4, -0.2) is 46.3 Å². The Bertz CT molecular complexity index is 458. The first-order valence-corrected chi connectivity index (χ1v) is 5.80. The molecule has 2 aromatic rings. The third-order valence-corrected chi connectivity index (χ3v) is 2.86. The molecule has 2 aromatic heterocycles. The van der Waals surface area contributed by atoms with Gasteiger partial charge >= 0.3 is 0 Å². The van der Waals surface area contributed by atoms with Gasteiger partial charge in [0.15, 0.2) is 5.76 Å². The van der Waals surface area contributed by atoms with Crippen LogP contribution in [0.4, 0.5) is 0 Å². The molecule has 90 valence electrons. The van der Waals surface area contributed by atoms with Crippen molar-refractivity contribution >= 4 is 0 Å². The summed E-state index contributed by atoms with van der Waals surface area (Å²) in [6.45, 7) is 5.00. The lowest BCUT2D eigenvalue weighted by molar-refractivity contribution is 0.228. The Hall–Kier alpha value is -1.66. The molecule has 1 aliphatic rings. The van der Waals surface area contributed by atoms with Crippen LogP contribution in [-0.2, 0) is 6.54 Å². The molecule has 1 fully saturated rings. The van der Waals surface area contributed by atoms with Gasteiger partial charge in [-0.15, -0.1) is 5.10 Å². The van der Waals surface area contributed by atoms with E-state index in [1.807, 2.05) is 12.1 Å². The Kier molecular flexibility index (Phi) is 2.89. The highest BCUT2D eigenvalue weighted by molar-refractivity contribution is 5.45. The molecule has 6 heteroatoms. The molecule has 0 amide bonds. The summed E-state index contributed by atoms with van der Waals surface area (Å²) in [6.07, 6.45) is 1.63. The van der Waals surface area contributed by atoms with Gasteiger partial charge in [-0.05, 0) is 12.1 Å². The summed E-state index contributed by atoms with van der Waals surface area (Å²) in [5.74, 6) is 2.21. The SMILES string of the molecule is c1coc(-c2n[nH]c(CN3CCNCC3)n2)c1. The van der Waals surface area contributed by atoms with Crippen LogP contribution in [0.2, 0.25) is 0 Å². The number of hydrogen-bond donors (Lipinski definition) is 2. The Morgan fingerprint density at radius 3 is 3.00 bits per heavy atom. The number of piperazine rings is 1. The minimum atomic E-state index is 0.625. The van der Waals surface area contributed by atoms with Crippen LogP contribution in [0.5, 0.6) is 0 Å². The highest BCUT2D eigenvalue weighted by Crippen LogP contribution is 2.14. The van der Waals surface area contributed by atoms with Crippen molar-refractivity contribution in [3.8, 4) is 11.6 Å². The summed E-state index contributed by atoms with van der Waals surface area (Å²) in [7, 11) is 0. The Morgan fingerprint density at radius 1 is 1.35 bits per heavy atom. The summed E-state index contributed by atoms with van der Waals surface area (Å²) in [4.78, 5) is 6.77. The van der Waals surface area contributed by atoms with E-state index in [2.05, 4.69) is 25.4 Å². The molecule has 3 heterocycles. The lowest BCUT2D eigenvalue weighted by Gasteiger charge is -2.25. The van der Waals surface area contributed by atoms with Crippen molar-refractivity contribution in [1.82, 2.24) is 25.4 Å². The molecule has 2 N–H and O–H groups in total. The predicted molar refractivity (Wildman–Crippen MR) is 62.2 cm³/mol. The molecule has 0 spiro atoms. The second kappa shape index (κ2) is 4.68. The van der Waals surface area contributed by atoms with E-state index in [4.69, 9.17) is 4.42 Å². The van der Waals surface area contributed by atoms with Crippen molar-refractivity contribution in [3.05, 3.63) is 24.2 Å². The van der Waals surface area contributed by atoms with Gasteiger partial charge in [-0.1, -0.05) is 0 Å². The zero-order valence-corrected chi connectivity index (χ0v) is 9.52. The molecule has 0 radical (unpaired) electrons. The zero-order valence-electron chi connectivity index (χ0n) is 9.52. The first-order valence-electron chi connectivity index (χ1n) is 5.80. The Morgan fingerprint density at radius 2 is 2.24 bits per heavy atom. The van der Waals surface area contributed by atoms with E-state index in [9.17, 15) is 0 Å². The van der Waals surface area contributed by atoms with Crippen molar-refractivity contribution in [2.24, 2.45) is 0 Å². The lowest BCUT2D eigenvalue weighted by Crippen LogP contribution is -2.43. The molecular weight excluding hydrogens is 218 g/mol. The van der Waals surface area contributed by atoms with E-state index < -0.39 is 0 Å². The monoisotopic (exact) mass is 233 g/mol. The average molecular weight is 233 g/mol. The van der Waals surface area contributed by atoms with Crippen LogP contribution < -0.4 is 5.32 Å². The minimum Gasteiger partial charge on any atom is -0.461 e. The fourth-order valence-corrected chi connectivity index (χ4v) is 1.96. The van der Waals surface area contributed by atoms with Gasteiger partial charge < -0.3 is 9.73 Å². The molecule has 0 unspecified atom stereocenters. The van der Waals surface area contributed by atoms with Gasteiger partial charge in [-0.25, -0.2) is 4.98 Å². The van der Waals surface area contributed by atoms with Crippen molar-refractivity contribution < 1.29 is 4.42 Å². The predicted octanol–water partition coefficient (Wildman–Crippen LogP) is 0.470. The van der Waals surface area contributed by atoms with Gasteiger partial charge in [0.2, 0.25) is 5.82 Å². The van der Waals surface area contributed by atoms with Crippen LogP contribution in [0.1, 0.15) is 5.82 Å². The molecule has 6 nitrogen and oxygen atoms in total. The number of nitrogens with zero attached hydrogens (tertiary/aromatic N) is 3. The first-order chi connectivity index (χ1) is 8.42. The number of aromatic amines is 1. The quantitative estimate of drug-likeness (QED) is 0.806. The Balaban J connectivity index is 1.68. The smallest absolute Gasteiger partial charge is 0.216 e. The van der Waals surface area contributed by atoms with Crippen LogP contribution in [0, 0.1) is 0 Å². The summed E-state index contributed by atoms with van der Waals surface area (Å²) in [5, 5.41) is 10.4. The summed E-state index contributed by atoms with van der Waals surface area (Å²) < 4.78 is 5.25. The van der Waals surface area contributed by atoms with Crippen LogP contribution in [0.3, 0.4) is 0 Å². The van der Waals surface area contributed by atoms with Gasteiger partial charge in [-0.3, -0.25) is 10.00 Å². The number of H-pyrrole nitrogens is 1. The zero-order chi connectivity index (χ0) is 11.5. The molecule has 0 bridgehead atoms. The van der Waals surface area contributed by atoms with Crippen molar-refractivity contribution in [3.63, 3.8) is 0 Å².